The van der Waals surface area contributed by atoms with E-state index >= 15 is 0 Å². The Morgan fingerprint density at radius 2 is 1.72 bits per heavy atom. The summed E-state index contributed by atoms with van der Waals surface area (Å²) < 4.78 is 0. The lowest BCUT2D eigenvalue weighted by Crippen LogP contribution is -2.49. The Balaban J connectivity index is 1.50. The quantitative estimate of drug-likeness (QED) is 0.518. The van der Waals surface area contributed by atoms with Crippen LogP contribution in [-0.2, 0) is 6.54 Å². The summed E-state index contributed by atoms with van der Waals surface area (Å²) in [6.07, 6.45) is 0.882. The predicted octanol–water partition coefficient (Wildman–Crippen LogP) is 6.04. The molecule has 0 spiro atoms. The lowest BCUT2D eigenvalue weighted by Gasteiger charge is -2.36. The minimum Gasteiger partial charge on any atom is -0.322 e. The van der Waals surface area contributed by atoms with Crippen LogP contribution >= 0.6 is 11.6 Å². The molecule has 0 unspecified atom stereocenters. The zero-order valence-corrected chi connectivity index (χ0v) is 19.0. The zero-order chi connectivity index (χ0) is 22.7. The summed E-state index contributed by atoms with van der Waals surface area (Å²) in [5.74, 6) is -0.283. The van der Waals surface area contributed by atoms with Gasteiger partial charge in [0.2, 0.25) is 0 Å². The van der Waals surface area contributed by atoms with Gasteiger partial charge >= 0.3 is 6.03 Å². The maximum Gasteiger partial charge on any atom is 0.324 e. The van der Waals surface area contributed by atoms with Crippen molar-refractivity contribution in [1.29, 1.82) is 0 Å². The van der Waals surface area contributed by atoms with E-state index in [1.54, 1.807) is 35.2 Å². The van der Waals surface area contributed by atoms with E-state index in [1.807, 2.05) is 23.1 Å². The first kappa shape index (κ1) is 21.9. The molecule has 1 fully saturated rings. The minimum atomic E-state index is -0.283. The maximum absolute atomic E-state index is 13.2. The fraction of sp³-hybridized carbons (Fsp3) is 0.231. The molecule has 0 saturated carbocycles. The summed E-state index contributed by atoms with van der Waals surface area (Å²) >= 11 is 6.14. The molecule has 1 saturated heterocycles. The van der Waals surface area contributed by atoms with Crippen molar-refractivity contribution in [3.8, 4) is 0 Å². The molecule has 32 heavy (non-hydrogen) atoms. The predicted molar refractivity (Wildman–Crippen MR) is 130 cm³/mol. The monoisotopic (exact) mass is 447 g/mol. The molecule has 0 atom stereocenters. The van der Waals surface area contributed by atoms with Crippen molar-refractivity contribution in [2.75, 3.05) is 23.3 Å². The number of rotatable bonds is 5. The number of anilines is 2. The molecule has 3 amide bonds. The van der Waals surface area contributed by atoms with Crippen molar-refractivity contribution in [2.24, 2.45) is 0 Å². The molecule has 164 valence electrons. The van der Waals surface area contributed by atoms with E-state index in [1.165, 1.54) is 11.1 Å². The Hall–Kier alpha value is -3.31. The van der Waals surface area contributed by atoms with Gasteiger partial charge in [0.25, 0.3) is 5.91 Å². The Morgan fingerprint density at radius 1 is 0.969 bits per heavy atom. The van der Waals surface area contributed by atoms with Gasteiger partial charge in [0, 0.05) is 31.0 Å². The van der Waals surface area contributed by atoms with E-state index in [2.05, 4.69) is 37.4 Å². The van der Waals surface area contributed by atoms with E-state index in [-0.39, 0.29) is 11.9 Å². The minimum absolute atomic E-state index is 0.0232. The highest BCUT2D eigenvalue weighted by Crippen LogP contribution is 2.25. The van der Waals surface area contributed by atoms with Gasteiger partial charge in [0.05, 0.1) is 10.6 Å². The fourth-order valence-electron chi connectivity index (χ4n) is 4.14. The molecule has 3 aromatic carbocycles. The molecule has 0 aliphatic carbocycles. The van der Waals surface area contributed by atoms with Crippen LogP contribution in [0, 0.1) is 13.8 Å². The number of halogens is 1. The number of nitrogens with zero attached hydrogens (tertiary/aromatic N) is 2. The molecule has 0 bridgehead atoms. The number of urea groups is 1. The number of hydrogen-bond donors (Lipinski definition) is 1. The lowest BCUT2D eigenvalue weighted by atomic mass is 10.1. The van der Waals surface area contributed by atoms with Crippen LogP contribution in [0.5, 0.6) is 0 Å². The summed E-state index contributed by atoms with van der Waals surface area (Å²) in [5.41, 5.74) is 5.32. The third kappa shape index (κ3) is 4.94. The SMILES string of the molecule is Cc1cc(C)cc(CN2CCCN(c3cccc(NC(=O)c4ccccc4Cl)c3)C2=O)c1. The number of carbonyl (C=O) groups excluding carboxylic acids is 2. The summed E-state index contributed by atoms with van der Waals surface area (Å²) in [4.78, 5) is 29.5. The van der Waals surface area contributed by atoms with E-state index < -0.39 is 0 Å². The van der Waals surface area contributed by atoms with E-state index in [4.69, 9.17) is 11.6 Å². The lowest BCUT2D eigenvalue weighted by molar-refractivity contribution is 0.102. The van der Waals surface area contributed by atoms with Gasteiger partial charge in [-0.05, 0) is 56.2 Å². The van der Waals surface area contributed by atoms with Gasteiger partial charge in [0.15, 0.2) is 0 Å². The highest BCUT2D eigenvalue weighted by molar-refractivity contribution is 6.34. The first-order chi connectivity index (χ1) is 15.4. The Kier molecular flexibility index (Phi) is 6.47. The molecular formula is C26H26ClN3O2. The summed E-state index contributed by atoms with van der Waals surface area (Å²) in [7, 11) is 0. The fourth-order valence-corrected chi connectivity index (χ4v) is 4.37. The smallest absolute Gasteiger partial charge is 0.322 e. The molecule has 1 N–H and O–H groups in total. The largest absolute Gasteiger partial charge is 0.324 e. The molecule has 4 rings (SSSR count). The van der Waals surface area contributed by atoms with E-state index in [0.717, 1.165) is 24.2 Å². The summed E-state index contributed by atoms with van der Waals surface area (Å²) in [6, 6.07) is 20.7. The molecule has 5 nitrogen and oxygen atoms in total. The van der Waals surface area contributed by atoms with Gasteiger partial charge < -0.3 is 10.2 Å². The third-order valence-corrected chi connectivity index (χ3v) is 5.83. The maximum atomic E-state index is 13.2. The third-order valence-electron chi connectivity index (χ3n) is 5.50. The van der Waals surface area contributed by atoms with Gasteiger partial charge in [-0.3, -0.25) is 9.69 Å². The second-order valence-electron chi connectivity index (χ2n) is 8.19. The van der Waals surface area contributed by atoms with Crippen molar-refractivity contribution >= 4 is 34.9 Å². The van der Waals surface area contributed by atoms with Crippen LogP contribution in [0.25, 0.3) is 0 Å². The van der Waals surface area contributed by atoms with E-state index in [9.17, 15) is 9.59 Å². The van der Waals surface area contributed by atoms with Gasteiger partial charge in [-0.25, -0.2) is 4.79 Å². The van der Waals surface area contributed by atoms with Crippen molar-refractivity contribution in [2.45, 2.75) is 26.8 Å². The van der Waals surface area contributed by atoms with Gasteiger partial charge in [-0.1, -0.05) is 59.1 Å². The normalized spacial score (nSPS) is 13.9. The number of nitrogens with one attached hydrogen (secondary N) is 1. The van der Waals surface area contributed by atoms with Crippen molar-refractivity contribution < 1.29 is 9.59 Å². The molecule has 0 aromatic heterocycles. The van der Waals surface area contributed by atoms with Crippen molar-refractivity contribution in [3.05, 3.63) is 94.0 Å². The number of benzene rings is 3. The highest BCUT2D eigenvalue weighted by atomic mass is 35.5. The molecule has 0 radical (unpaired) electrons. The zero-order valence-electron chi connectivity index (χ0n) is 18.3. The molecule has 6 heteroatoms. The average Bonchev–Trinajstić information content (AvgIpc) is 2.75. The molecule has 1 heterocycles. The Labute approximate surface area is 193 Å². The van der Waals surface area contributed by atoms with Crippen LogP contribution in [0.4, 0.5) is 16.2 Å². The molecular weight excluding hydrogens is 422 g/mol. The number of aryl methyl sites for hydroxylation is 2. The van der Waals surface area contributed by atoms with Gasteiger partial charge in [0.1, 0.15) is 0 Å². The highest BCUT2D eigenvalue weighted by Gasteiger charge is 2.27. The van der Waals surface area contributed by atoms with Gasteiger partial charge in [-0.2, -0.15) is 0 Å². The number of carbonyl (C=O) groups is 2. The second kappa shape index (κ2) is 9.45. The van der Waals surface area contributed by atoms with E-state index in [0.29, 0.717) is 29.4 Å². The van der Waals surface area contributed by atoms with Crippen molar-refractivity contribution in [3.63, 3.8) is 0 Å². The molecule has 1 aliphatic rings. The van der Waals surface area contributed by atoms with Crippen LogP contribution in [0.15, 0.2) is 66.7 Å². The standard InChI is InChI=1S/C26H26ClN3O2/c1-18-13-19(2)15-20(14-18)17-29-11-6-12-30(26(29)32)22-8-5-7-21(16-22)28-25(31)23-9-3-4-10-24(23)27/h3-5,7-10,13-16H,6,11-12,17H2,1-2H3,(H,28,31). The first-order valence-electron chi connectivity index (χ1n) is 10.7. The Morgan fingerprint density at radius 3 is 2.47 bits per heavy atom. The number of hydrogen-bond acceptors (Lipinski definition) is 2. The summed E-state index contributed by atoms with van der Waals surface area (Å²) in [5, 5.41) is 3.28. The Bertz CT molecular complexity index is 1140. The average molecular weight is 448 g/mol. The number of amides is 3. The molecule has 1 aliphatic heterocycles. The summed E-state index contributed by atoms with van der Waals surface area (Å²) in [6.45, 7) is 6.10. The van der Waals surface area contributed by atoms with Crippen LogP contribution in [0.2, 0.25) is 5.02 Å². The van der Waals surface area contributed by atoms with Crippen LogP contribution in [0.3, 0.4) is 0 Å². The van der Waals surface area contributed by atoms with Crippen LogP contribution in [-0.4, -0.2) is 29.9 Å². The first-order valence-corrected chi connectivity index (χ1v) is 11.1. The second-order valence-corrected chi connectivity index (χ2v) is 8.60. The molecule has 3 aromatic rings. The van der Waals surface area contributed by atoms with Crippen molar-refractivity contribution in [1.82, 2.24) is 4.90 Å². The van der Waals surface area contributed by atoms with Crippen LogP contribution < -0.4 is 10.2 Å². The van der Waals surface area contributed by atoms with Crippen LogP contribution in [0.1, 0.15) is 33.5 Å². The topological polar surface area (TPSA) is 52.6 Å². The van der Waals surface area contributed by atoms with Gasteiger partial charge in [-0.15, -0.1) is 0 Å².